The van der Waals surface area contributed by atoms with Crippen molar-refractivity contribution in [3.63, 3.8) is 0 Å². The normalized spacial score (nSPS) is 14.6. The smallest absolute Gasteiger partial charge is 0.0380 e. The Morgan fingerprint density at radius 2 is 1.75 bits per heavy atom. The molecule has 2 rings (SSSR count). The highest BCUT2D eigenvalue weighted by Crippen LogP contribution is 2.26. The minimum atomic E-state index is -2.19. The van der Waals surface area contributed by atoms with E-state index in [0.717, 1.165) is 21.2 Å². The summed E-state index contributed by atoms with van der Waals surface area (Å²) in [6.45, 7) is 3.79. The summed E-state index contributed by atoms with van der Waals surface area (Å²) in [7, 11) is -2.19. The van der Waals surface area contributed by atoms with E-state index in [1.54, 1.807) is 6.26 Å². The van der Waals surface area contributed by atoms with Crippen molar-refractivity contribution in [3.05, 3.63) is 48.5 Å². The molecular formula is C14H14OS. The van der Waals surface area contributed by atoms with E-state index >= 15 is 0 Å². The van der Waals surface area contributed by atoms with Crippen LogP contribution in [-0.2, 0) is 9.52 Å². The molecule has 16 heavy (non-hydrogen) atoms. The van der Waals surface area contributed by atoms with Crippen LogP contribution in [0.5, 0.6) is 0 Å². The van der Waals surface area contributed by atoms with Crippen LogP contribution in [0.4, 0.5) is 0 Å². The molecule has 0 heterocycles. The monoisotopic (exact) mass is 230 g/mol. The first-order valence-corrected chi connectivity index (χ1v) is 7.14. The number of rotatable bonds is 2. The van der Waals surface area contributed by atoms with Crippen molar-refractivity contribution in [2.75, 3.05) is 6.26 Å². The first-order valence-electron chi connectivity index (χ1n) is 5.00. The average molecular weight is 230 g/mol. The first-order chi connectivity index (χ1) is 7.54. The van der Waals surface area contributed by atoms with Gasteiger partial charge in [-0.1, -0.05) is 43.0 Å². The quantitative estimate of drug-likeness (QED) is 0.724. The summed E-state index contributed by atoms with van der Waals surface area (Å²) in [5.41, 5.74) is 1.06. The van der Waals surface area contributed by atoms with Gasteiger partial charge in [0.25, 0.3) is 0 Å². The van der Waals surface area contributed by atoms with Crippen molar-refractivity contribution in [2.24, 2.45) is 0 Å². The van der Waals surface area contributed by atoms with E-state index in [-0.39, 0.29) is 0 Å². The van der Waals surface area contributed by atoms with Gasteiger partial charge >= 0.3 is 0 Å². The summed E-state index contributed by atoms with van der Waals surface area (Å²) in [6, 6.07) is 11.7. The van der Waals surface area contributed by atoms with Crippen LogP contribution < -0.4 is 0 Å². The van der Waals surface area contributed by atoms with Crippen LogP contribution in [0.15, 0.2) is 47.9 Å². The molecule has 82 valence electrons. The van der Waals surface area contributed by atoms with Crippen molar-refractivity contribution in [1.82, 2.24) is 0 Å². The molecule has 0 aliphatic carbocycles. The second-order valence-corrected chi connectivity index (χ2v) is 6.36. The van der Waals surface area contributed by atoms with Crippen LogP contribution in [0.25, 0.3) is 16.8 Å². The molecule has 1 atom stereocenters. The molecule has 0 aliphatic heterocycles. The van der Waals surface area contributed by atoms with E-state index in [2.05, 4.69) is 12.4 Å². The highest BCUT2D eigenvalue weighted by atomic mass is 32.2. The minimum absolute atomic E-state index is 0.814. The van der Waals surface area contributed by atoms with Gasteiger partial charge in [0, 0.05) is 11.2 Å². The molecule has 0 fully saturated rings. The summed E-state index contributed by atoms with van der Waals surface area (Å²) >= 11 is 0. The molecule has 1 nitrogen and oxygen atoms in total. The Bertz CT molecular complexity index is 651. The molecular weight excluding hydrogens is 216 g/mol. The van der Waals surface area contributed by atoms with E-state index in [4.69, 9.17) is 0 Å². The van der Waals surface area contributed by atoms with Gasteiger partial charge in [0.2, 0.25) is 0 Å². The largest absolute Gasteiger partial charge is 0.263 e. The molecule has 1 unspecified atom stereocenters. The van der Waals surface area contributed by atoms with Gasteiger partial charge in [0.05, 0.1) is 0 Å². The fourth-order valence-electron chi connectivity index (χ4n) is 1.86. The maximum Gasteiger partial charge on any atom is 0.0380 e. The van der Waals surface area contributed by atoms with Crippen molar-refractivity contribution < 1.29 is 4.21 Å². The van der Waals surface area contributed by atoms with Gasteiger partial charge in [0.15, 0.2) is 0 Å². The zero-order chi connectivity index (χ0) is 11.8. The van der Waals surface area contributed by atoms with Gasteiger partial charge in [-0.15, -0.1) is 0 Å². The minimum Gasteiger partial charge on any atom is -0.263 e. The lowest BCUT2D eigenvalue weighted by Gasteiger charge is -2.09. The maximum atomic E-state index is 12.1. The molecule has 0 bridgehead atoms. The van der Waals surface area contributed by atoms with Gasteiger partial charge in [-0.05, 0) is 37.8 Å². The maximum absolute atomic E-state index is 12.1. The van der Waals surface area contributed by atoms with Crippen molar-refractivity contribution in [2.45, 2.75) is 4.90 Å². The van der Waals surface area contributed by atoms with Crippen LogP contribution in [-0.4, -0.2) is 16.3 Å². The van der Waals surface area contributed by atoms with Crippen LogP contribution >= 0.6 is 0 Å². The topological polar surface area (TPSA) is 17.1 Å². The molecule has 0 spiro atoms. The van der Waals surface area contributed by atoms with Crippen LogP contribution in [0.1, 0.15) is 5.56 Å². The van der Waals surface area contributed by atoms with Gasteiger partial charge in [0.1, 0.15) is 0 Å². The highest BCUT2D eigenvalue weighted by Gasteiger charge is 2.07. The molecule has 0 saturated heterocycles. The Labute approximate surface area is 96.4 Å². The van der Waals surface area contributed by atoms with E-state index in [0.29, 0.717) is 0 Å². The van der Waals surface area contributed by atoms with E-state index < -0.39 is 9.52 Å². The summed E-state index contributed by atoms with van der Waals surface area (Å²) < 4.78 is 12.1. The standard InChI is InChI=1S/C14H14OS/c1-4-11-7-5-9-13-12(11)8-6-10-14(13)16(2,3)15/h4-10H,1-2H2,3H3. The highest BCUT2D eigenvalue weighted by molar-refractivity contribution is 7.99. The molecule has 0 aliphatic rings. The molecule has 2 heteroatoms. The van der Waals surface area contributed by atoms with Crippen LogP contribution in [0, 0.1) is 0 Å². The van der Waals surface area contributed by atoms with Gasteiger partial charge < -0.3 is 0 Å². The first kappa shape index (κ1) is 11.0. The third kappa shape index (κ3) is 1.76. The van der Waals surface area contributed by atoms with E-state index in [1.807, 2.05) is 42.5 Å². The lowest BCUT2D eigenvalue weighted by atomic mass is 10.0. The SMILES string of the molecule is C=Cc1cccc2c(S(=C)(C)=O)cccc12. The zero-order valence-corrected chi connectivity index (χ0v) is 10.1. The summed E-state index contributed by atoms with van der Waals surface area (Å²) in [5.74, 6) is 3.75. The number of hydrogen-bond donors (Lipinski definition) is 0. The Morgan fingerprint density at radius 3 is 2.38 bits per heavy atom. The lowest BCUT2D eigenvalue weighted by Crippen LogP contribution is -1.97. The fraction of sp³-hybridized carbons (Fsp3) is 0.0714. The van der Waals surface area contributed by atoms with Crippen LogP contribution in [0.3, 0.4) is 0 Å². The Balaban J connectivity index is 2.95. The van der Waals surface area contributed by atoms with Crippen molar-refractivity contribution >= 4 is 32.2 Å². The van der Waals surface area contributed by atoms with Gasteiger partial charge in [-0.25, -0.2) is 0 Å². The Hall–Kier alpha value is -1.54. The van der Waals surface area contributed by atoms with Gasteiger partial charge in [-0.3, -0.25) is 4.21 Å². The van der Waals surface area contributed by atoms with Crippen LogP contribution in [0.2, 0.25) is 0 Å². The average Bonchev–Trinajstić information content (AvgIpc) is 2.26. The second kappa shape index (κ2) is 3.80. The fourth-order valence-corrected chi connectivity index (χ4v) is 2.87. The molecule has 0 radical (unpaired) electrons. The molecule has 0 saturated carbocycles. The second-order valence-electron chi connectivity index (χ2n) is 3.91. The van der Waals surface area contributed by atoms with Crippen molar-refractivity contribution in [1.29, 1.82) is 0 Å². The third-order valence-corrected chi connectivity index (χ3v) is 3.89. The summed E-state index contributed by atoms with van der Waals surface area (Å²) in [5, 5.41) is 2.08. The Morgan fingerprint density at radius 1 is 1.12 bits per heavy atom. The lowest BCUT2D eigenvalue weighted by molar-refractivity contribution is 0.685. The predicted molar refractivity (Wildman–Crippen MR) is 73.5 cm³/mol. The zero-order valence-electron chi connectivity index (χ0n) is 9.27. The molecule has 0 amide bonds. The van der Waals surface area contributed by atoms with Crippen molar-refractivity contribution in [3.8, 4) is 0 Å². The Kier molecular flexibility index (Phi) is 2.60. The summed E-state index contributed by atoms with van der Waals surface area (Å²) in [6.07, 6.45) is 3.48. The number of hydrogen-bond acceptors (Lipinski definition) is 1. The van der Waals surface area contributed by atoms with E-state index in [9.17, 15) is 4.21 Å². The van der Waals surface area contributed by atoms with Gasteiger partial charge in [-0.2, -0.15) is 0 Å². The molecule has 0 aromatic heterocycles. The third-order valence-electron chi connectivity index (χ3n) is 2.60. The van der Waals surface area contributed by atoms with E-state index in [1.165, 1.54) is 0 Å². The molecule has 0 N–H and O–H groups in total. The number of benzene rings is 2. The predicted octanol–water partition coefficient (Wildman–Crippen LogP) is 3.19. The molecule has 2 aromatic carbocycles. The molecule has 2 aromatic rings. The summed E-state index contributed by atoms with van der Waals surface area (Å²) in [4.78, 5) is 0.814. The number of fused-ring (bicyclic) bond motifs is 1.